The zero-order chi connectivity index (χ0) is 11.4. The second-order valence-electron chi connectivity index (χ2n) is 4.56. The second kappa shape index (κ2) is 5.41. The maximum Gasteiger partial charge on any atom is 0.0757 e. The Balaban J connectivity index is 2.00. The third-order valence-corrected chi connectivity index (χ3v) is 3.42. The van der Waals surface area contributed by atoms with Gasteiger partial charge in [0.1, 0.15) is 0 Å². The Morgan fingerprint density at radius 1 is 1.50 bits per heavy atom. The summed E-state index contributed by atoms with van der Waals surface area (Å²) >= 11 is 0. The molecule has 1 aliphatic rings. The van der Waals surface area contributed by atoms with Gasteiger partial charge < -0.3 is 10.1 Å². The van der Waals surface area contributed by atoms with E-state index in [1.807, 2.05) is 19.4 Å². The Labute approximate surface area is 97.2 Å². The fourth-order valence-electron chi connectivity index (χ4n) is 2.39. The Kier molecular flexibility index (Phi) is 3.91. The lowest BCUT2D eigenvalue weighted by Gasteiger charge is -2.25. The maximum atomic E-state index is 5.81. The molecule has 0 saturated carbocycles. The maximum absolute atomic E-state index is 5.81. The molecule has 1 aromatic rings. The molecule has 3 heteroatoms. The minimum absolute atomic E-state index is 0.346. The average molecular weight is 220 g/mol. The van der Waals surface area contributed by atoms with Gasteiger partial charge >= 0.3 is 0 Å². The molecule has 88 valence electrons. The molecule has 0 radical (unpaired) electrons. The van der Waals surface area contributed by atoms with Crippen molar-refractivity contribution in [2.75, 3.05) is 13.7 Å². The van der Waals surface area contributed by atoms with Gasteiger partial charge in [-0.2, -0.15) is 0 Å². The van der Waals surface area contributed by atoms with Gasteiger partial charge in [0, 0.05) is 25.0 Å². The van der Waals surface area contributed by atoms with E-state index in [0.29, 0.717) is 18.1 Å². The highest BCUT2D eigenvalue weighted by molar-refractivity contribution is 5.12. The normalized spacial score (nSPS) is 26.9. The number of hydrogen-bond donors (Lipinski definition) is 1. The first-order chi connectivity index (χ1) is 7.81. The molecule has 0 spiro atoms. The van der Waals surface area contributed by atoms with Crippen LogP contribution in [0, 0.1) is 5.92 Å². The quantitative estimate of drug-likeness (QED) is 0.837. The van der Waals surface area contributed by atoms with Crippen molar-refractivity contribution in [3.63, 3.8) is 0 Å². The zero-order valence-electron chi connectivity index (χ0n) is 10.0. The van der Waals surface area contributed by atoms with Crippen molar-refractivity contribution in [2.45, 2.75) is 31.9 Å². The minimum atomic E-state index is 0.346. The number of rotatable bonds is 4. The fraction of sp³-hybridized carbons (Fsp3) is 0.615. The van der Waals surface area contributed by atoms with Gasteiger partial charge in [-0.3, -0.25) is 4.98 Å². The summed E-state index contributed by atoms with van der Waals surface area (Å²) < 4.78 is 5.81. The molecule has 2 rings (SSSR count). The highest BCUT2D eigenvalue weighted by atomic mass is 16.5. The van der Waals surface area contributed by atoms with E-state index in [1.165, 1.54) is 12.0 Å². The first-order valence-corrected chi connectivity index (χ1v) is 5.99. The van der Waals surface area contributed by atoms with Crippen LogP contribution in [0.5, 0.6) is 0 Å². The molecular formula is C13H20N2O. The van der Waals surface area contributed by atoms with Crippen molar-refractivity contribution in [1.29, 1.82) is 0 Å². The largest absolute Gasteiger partial charge is 0.376 e. The van der Waals surface area contributed by atoms with Crippen LogP contribution < -0.4 is 5.32 Å². The van der Waals surface area contributed by atoms with Gasteiger partial charge in [0.15, 0.2) is 0 Å². The molecule has 2 heterocycles. The first kappa shape index (κ1) is 11.6. The summed E-state index contributed by atoms with van der Waals surface area (Å²) in [5.41, 5.74) is 1.32. The van der Waals surface area contributed by atoms with E-state index in [-0.39, 0.29) is 0 Å². The summed E-state index contributed by atoms with van der Waals surface area (Å²) in [6.07, 6.45) is 6.23. The predicted octanol–water partition coefficient (Wildman–Crippen LogP) is 1.64. The van der Waals surface area contributed by atoms with Gasteiger partial charge in [0.2, 0.25) is 0 Å². The molecule has 1 saturated heterocycles. The number of nitrogens with one attached hydrogen (secondary N) is 1. The van der Waals surface area contributed by atoms with E-state index in [2.05, 4.69) is 29.4 Å². The topological polar surface area (TPSA) is 34.2 Å². The Morgan fingerprint density at radius 3 is 2.81 bits per heavy atom. The molecule has 0 amide bonds. The summed E-state index contributed by atoms with van der Waals surface area (Å²) in [5.74, 6) is 0.652. The summed E-state index contributed by atoms with van der Waals surface area (Å²) in [6.45, 7) is 3.18. The molecule has 0 bridgehead atoms. The summed E-state index contributed by atoms with van der Waals surface area (Å²) in [5, 5.41) is 3.38. The van der Waals surface area contributed by atoms with Crippen LogP contribution in [-0.4, -0.2) is 30.8 Å². The lowest BCUT2D eigenvalue weighted by atomic mass is 9.93. The lowest BCUT2D eigenvalue weighted by Crippen LogP contribution is -2.41. The highest BCUT2D eigenvalue weighted by Gasteiger charge is 2.31. The summed E-state index contributed by atoms with van der Waals surface area (Å²) in [4.78, 5) is 4.04. The lowest BCUT2D eigenvalue weighted by molar-refractivity contribution is 0.0634. The van der Waals surface area contributed by atoms with E-state index in [4.69, 9.17) is 4.74 Å². The van der Waals surface area contributed by atoms with Crippen LogP contribution in [0.2, 0.25) is 0 Å². The van der Waals surface area contributed by atoms with Crippen LogP contribution in [0.1, 0.15) is 18.9 Å². The number of aromatic nitrogens is 1. The molecule has 1 N–H and O–H groups in total. The molecule has 3 nitrogen and oxygen atoms in total. The molecule has 0 aliphatic carbocycles. The van der Waals surface area contributed by atoms with Gasteiger partial charge in [-0.15, -0.1) is 0 Å². The average Bonchev–Trinajstić information content (AvgIpc) is 2.74. The number of hydrogen-bond acceptors (Lipinski definition) is 3. The number of ether oxygens (including phenoxy) is 1. The number of nitrogens with zero attached hydrogens (tertiary/aromatic N) is 1. The van der Waals surface area contributed by atoms with Crippen LogP contribution in [0.25, 0.3) is 0 Å². The fourth-order valence-corrected chi connectivity index (χ4v) is 2.39. The molecule has 1 fully saturated rings. The molecule has 0 aromatic carbocycles. The van der Waals surface area contributed by atoms with Crippen molar-refractivity contribution in [1.82, 2.24) is 10.3 Å². The van der Waals surface area contributed by atoms with Crippen molar-refractivity contribution >= 4 is 0 Å². The smallest absolute Gasteiger partial charge is 0.0757 e. The van der Waals surface area contributed by atoms with Crippen molar-refractivity contribution in [2.24, 2.45) is 5.92 Å². The predicted molar refractivity (Wildman–Crippen MR) is 64.3 cm³/mol. The van der Waals surface area contributed by atoms with Gasteiger partial charge in [-0.25, -0.2) is 0 Å². The third kappa shape index (κ3) is 2.60. The van der Waals surface area contributed by atoms with E-state index in [0.717, 1.165) is 13.0 Å². The third-order valence-electron chi connectivity index (χ3n) is 3.42. The van der Waals surface area contributed by atoms with E-state index in [1.54, 1.807) is 0 Å². The van der Waals surface area contributed by atoms with Crippen LogP contribution >= 0.6 is 0 Å². The molecular weight excluding hydrogens is 200 g/mol. The van der Waals surface area contributed by atoms with Gasteiger partial charge in [0.05, 0.1) is 6.10 Å². The van der Waals surface area contributed by atoms with Crippen LogP contribution in [0.15, 0.2) is 24.5 Å². The van der Waals surface area contributed by atoms with Crippen molar-refractivity contribution < 1.29 is 4.74 Å². The van der Waals surface area contributed by atoms with Gasteiger partial charge in [-0.05, 0) is 43.5 Å². The monoisotopic (exact) mass is 220 g/mol. The summed E-state index contributed by atoms with van der Waals surface area (Å²) in [7, 11) is 2.01. The van der Waals surface area contributed by atoms with Crippen molar-refractivity contribution in [3.8, 4) is 0 Å². The summed E-state index contributed by atoms with van der Waals surface area (Å²) in [6, 6.07) is 4.55. The van der Waals surface area contributed by atoms with Crippen LogP contribution in [-0.2, 0) is 11.2 Å². The Hall–Kier alpha value is -0.930. The van der Waals surface area contributed by atoms with E-state index < -0.39 is 0 Å². The Morgan fingerprint density at radius 2 is 2.25 bits per heavy atom. The van der Waals surface area contributed by atoms with Gasteiger partial charge in [-0.1, -0.05) is 6.92 Å². The first-order valence-electron chi connectivity index (χ1n) is 5.99. The number of likely N-dealkylation sites (N-methyl/N-ethyl adjacent to an activating group) is 1. The number of pyridine rings is 1. The minimum Gasteiger partial charge on any atom is -0.376 e. The molecule has 3 unspecified atom stereocenters. The van der Waals surface area contributed by atoms with E-state index in [9.17, 15) is 0 Å². The Bertz CT molecular complexity index is 315. The van der Waals surface area contributed by atoms with Gasteiger partial charge in [0.25, 0.3) is 0 Å². The highest BCUT2D eigenvalue weighted by Crippen LogP contribution is 2.24. The van der Waals surface area contributed by atoms with Crippen LogP contribution in [0.4, 0.5) is 0 Å². The standard InChI is InChI=1S/C13H20N2O/c1-10-5-8-16-13(10)12(14-2)9-11-3-6-15-7-4-11/h3-4,6-7,10,12-14H,5,8-9H2,1-2H3. The SMILES string of the molecule is CNC(Cc1ccncc1)C1OCCC1C. The van der Waals surface area contributed by atoms with Crippen molar-refractivity contribution in [3.05, 3.63) is 30.1 Å². The molecule has 16 heavy (non-hydrogen) atoms. The zero-order valence-corrected chi connectivity index (χ0v) is 10.0. The van der Waals surface area contributed by atoms with Crippen LogP contribution in [0.3, 0.4) is 0 Å². The second-order valence-corrected chi connectivity index (χ2v) is 4.56. The van der Waals surface area contributed by atoms with E-state index >= 15 is 0 Å². The molecule has 1 aliphatic heterocycles. The molecule has 3 atom stereocenters. The molecule has 1 aromatic heterocycles.